The van der Waals surface area contributed by atoms with Gasteiger partial charge in [0.1, 0.15) is 34.6 Å². The fraction of sp³-hybridized carbons (Fsp3) is 0.273. The molecule has 162 valence electrons. The van der Waals surface area contributed by atoms with Gasteiger partial charge in [0.25, 0.3) is 0 Å². The highest BCUT2D eigenvalue weighted by molar-refractivity contribution is 5.99. The van der Waals surface area contributed by atoms with Gasteiger partial charge in [-0.2, -0.15) is 0 Å². The van der Waals surface area contributed by atoms with E-state index in [2.05, 4.69) is 20.3 Å². The van der Waals surface area contributed by atoms with Crippen LogP contribution in [-0.4, -0.2) is 49.0 Å². The third-order valence-electron chi connectivity index (χ3n) is 4.38. The molecule has 0 bridgehead atoms. The molecule has 0 radical (unpaired) electrons. The summed E-state index contributed by atoms with van der Waals surface area (Å²) in [5.74, 6) is 0.684. The van der Waals surface area contributed by atoms with E-state index >= 15 is 0 Å². The first-order valence-corrected chi connectivity index (χ1v) is 9.92. The van der Waals surface area contributed by atoms with E-state index in [1.165, 1.54) is 10.7 Å². The van der Waals surface area contributed by atoms with E-state index in [-0.39, 0.29) is 23.6 Å². The van der Waals surface area contributed by atoms with Crippen molar-refractivity contribution in [3.63, 3.8) is 0 Å². The molecule has 0 fully saturated rings. The van der Waals surface area contributed by atoms with E-state index in [0.717, 1.165) is 0 Å². The van der Waals surface area contributed by atoms with E-state index in [0.29, 0.717) is 39.7 Å². The third-order valence-corrected chi connectivity index (χ3v) is 4.38. The van der Waals surface area contributed by atoms with Crippen LogP contribution in [0.15, 0.2) is 52.6 Å². The Hall–Kier alpha value is -3.88. The van der Waals surface area contributed by atoms with Gasteiger partial charge in [-0.05, 0) is 58.0 Å². The maximum absolute atomic E-state index is 10.5. The average Bonchev–Trinajstić information content (AvgIpc) is 3.16. The summed E-state index contributed by atoms with van der Waals surface area (Å²) in [4.78, 5) is 8.57. The second-order valence-corrected chi connectivity index (χ2v) is 7.70. The molecule has 0 aliphatic carbocycles. The minimum atomic E-state index is -0.0203. The van der Waals surface area contributed by atoms with Crippen molar-refractivity contribution >= 4 is 11.7 Å². The average molecular weight is 422 g/mol. The van der Waals surface area contributed by atoms with Gasteiger partial charge in [-0.25, -0.2) is 4.68 Å². The van der Waals surface area contributed by atoms with Gasteiger partial charge < -0.3 is 21.7 Å². The number of aromatic hydroxyl groups is 2. The number of rotatable bonds is 6. The standard InChI is InChI=1S/C22H27N7O2/c1-12(2)25-21(23)14-5-7-16(19(30)9-14)17-11-29(28-27-17)18-8-6-15(10-20(18)31)22(24)26-13(3)4/h5-13,30-31H,1-4H3,(H2,23,25)(H2,24,26). The molecule has 0 aliphatic rings. The zero-order chi connectivity index (χ0) is 22.7. The van der Waals surface area contributed by atoms with Gasteiger partial charge in [-0.3, -0.25) is 9.98 Å². The molecule has 1 heterocycles. The Balaban J connectivity index is 1.90. The molecule has 0 aliphatic heterocycles. The van der Waals surface area contributed by atoms with E-state index in [1.807, 2.05) is 27.7 Å². The Bertz CT molecular complexity index is 1060. The van der Waals surface area contributed by atoms with Crippen LogP contribution in [0.3, 0.4) is 0 Å². The Morgan fingerprint density at radius 2 is 1.42 bits per heavy atom. The number of benzene rings is 2. The summed E-state index contributed by atoms with van der Waals surface area (Å²) in [6, 6.07) is 10.1. The molecule has 0 amide bonds. The van der Waals surface area contributed by atoms with Crippen LogP contribution in [0.1, 0.15) is 38.8 Å². The molecule has 3 aromatic rings. The first kappa shape index (κ1) is 21.8. The predicted octanol–water partition coefficient (Wildman–Crippen LogP) is 2.57. The Morgan fingerprint density at radius 3 is 1.94 bits per heavy atom. The Labute approximate surface area is 180 Å². The SMILES string of the molecule is CC(C)N=C(N)c1ccc(-c2cn(-c3ccc(C(N)=NC(C)C)cc3O)nn2)c(O)c1. The monoisotopic (exact) mass is 421 g/mol. The molecule has 0 unspecified atom stereocenters. The van der Waals surface area contributed by atoms with Crippen LogP contribution in [-0.2, 0) is 0 Å². The molecule has 31 heavy (non-hydrogen) atoms. The molecule has 0 spiro atoms. The lowest BCUT2D eigenvalue weighted by molar-refractivity contribution is 0.469. The van der Waals surface area contributed by atoms with Crippen LogP contribution in [0.2, 0.25) is 0 Å². The normalized spacial score (nSPS) is 12.7. The van der Waals surface area contributed by atoms with Crippen molar-refractivity contribution in [2.75, 3.05) is 0 Å². The lowest BCUT2D eigenvalue weighted by Crippen LogP contribution is -2.15. The van der Waals surface area contributed by atoms with Crippen molar-refractivity contribution in [1.82, 2.24) is 15.0 Å². The van der Waals surface area contributed by atoms with Crippen molar-refractivity contribution in [3.05, 3.63) is 53.7 Å². The smallest absolute Gasteiger partial charge is 0.142 e. The van der Waals surface area contributed by atoms with Gasteiger partial charge in [-0.15, -0.1) is 5.10 Å². The lowest BCUT2D eigenvalue weighted by atomic mass is 10.1. The predicted molar refractivity (Wildman–Crippen MR) is 122 cm³/mol. The number of phenolic OH excluding ortho intramolecular Hbond substituents is 2. The summed E-state index contributed by atoms with van der Waals surface area (Å²) in [7, 11) is 0. The molecule has 9 heteroatoms. The highest BCUT2D eigenvalue weighted by atomic mass is 16.3. The molecule has 0 saturated carbocycles. The van der Waals surface area contributed by atoms with Gasteiger partial charge in [0.2, 0.25) is 0 Å². The number of hydrogen-bond donors (Lipinski definition) is 4. The third kappa shape index (κ3) is 5.00. The van der Waals surface area contributed by atoms with Gasteiger partial charge in [0.05, 0.1) is 6.20 Å². The van der Waals surface area contributed by atoms with Gasteiger partial charge in [0, 0.05) is 28.8 Å². The van der Waals surface area contributed by atoms with E-state index in [4.69, 9.17) is 11.5 Å². The van der Waals surface area contributed by atoms with Gasteiger partial charge >= 0.3 is 0 Å². The molecule has 3 rings (SSSR count). The van der Waals surface area contributed by atoms with Crippen molar-refractivity contribution in [1.29, 1.82) is 0 Å². The number of amidine groups is 2. The highest BCUT2D eigenvalue weighted by Gasteiger charge is 2.14. The van der Waals surface area contributed by atoms with Crippen LogP contribution < -0.4 is 11.5 Å². The minimum absolute atomic E-state index is 0.00342. The van der Waals surface area contributed by atoms with Crippen molar-refractivity contribution in [2.24, 2.45) is 21.5 Å². The fourth-order valence-corrected chi connectivity index (χ4v) is 2.99. The zero-order valence-electron chi connectivity index (χ0n) is 18.0. The number of nitrogens with zero attached hydrogens (tertiary/aromatic N) is 5. The van der Waals surface area contributed by atoms with Gasteiger partial charge in [0.15, 0.2) is 0 Å². The maximum Gasteiger partial charge on any atom is 0.142 e. The van der Waals surface area contributed by atoms with Crippen LogP contribution in [0.25, 0.3) is 16.9 Å². The summed E-state index contributed by atoms with van der Waals surface area (Å²) in [6.07, 6.45) is 1.61. The van der Waals surface area contributed by atoms with Crippen molar-refractivity contribution in [2.45, 2.75) is 39.8 Å². The van der Waals surface area contributed by atoms with Crippen LogP contribution in [0, 0.1) is 0 Å². The summed E-state index contributed by atoms with van der Waals surface area (Å²) >= 11 is 0. The van der Waals surface area contributed by atoms with Crippen LogP contribution in [0.5, 0.6) is 11.5 Å². The zero-order valence-corrected chi connectivity index (χ0v) is 18.0. The number of hydrogen-bond acceptors (Lipinski definition) is 6. The number of phenols is 2. The summed E-state index contributed by atoms with van der Waals surface area (Å²) in [6.45, 7) is 7.69. The molecule has 2 aromatic carbocycles. The van der Waals surface area contributed by atoms with Crippen molar-refractivity contribution < 1.29 is 10.2 Å². The van der Waals surface area contributed by atoms with E-state index in [1.54, 1.807) is 36.5 Å². The van der Waals surface area contributed by atoms with Crippen molar-refractivity contribution in [3.8, 4) is 28.4 Å². The Kier molecular flexibility index (Phi) is 6.24. The number of aromatic nitrogens is 3. The minimum Gasteiger partial charge on any atom is -0.507 e. The number of nitrogens with two attached hydrogens (primary N) is 2. The van der Waals surface area contributed by atoms with E-state index in [9.17, 15) is 10.2 Å². The fourth-order valence-electron chi connectivity index (χ4n) is 2.99. The molecule has 1 aromatic heterocycles. The number of aliphatic imine (C=N–C) groups is 2. The largest absolute Gasteiger partial charge is 0.507 e. The lowest BCUT2D eigenvalue weighted by Gasteiger charge is -2.08. The topological polar surface area (TPSA) is 148 Å². The first-order chi connectivity index (χ1) is 14.7. The summed E-state index contributed by atoms with van der Waals surface area (Å²) in [5, 5.41) is 29.1. The quantitative estimate of drug-likeness (QED) is 0.355. The second-order valence-electron chi connectivity index (χ2n) is 7.70. The molecule has 6 N–H and O–H groups in total. The first-order valence-electron chi connectivity index (χ1n) is 9.92. The second kappa shape index (κ2) is 8.86. The Morgan fingerprint density at radius 1 is 0.871 bits per heavy atom. The molecule has 0 saturated heterocycles. The summed E-state index contributed by atoms with van der Waals surface area (Å²) in [5.41, 5.74) is 14.5. The molecule has 9 nitrogen and oxygen atoms in total. The maximum atomic E-state index is 10.5. The van der Waals surface area contributed by atoms with E-state index < -0.39 is 0 Å². The summed E-state index contributed by atoms with van der Waals surface area (Å²) < 4.78 is 1.42. The van der Waals surface area contributed by atoms with Crippen LogP contribution >= 0.6 is 0 Å². The molecular formula is C22H27N7O2. The van der Waals surface area contributed by atoms with Gasteiger partial charge in [-0.1, -0.05) is 11.3 Å². The molecule has 0 atom stereocenters. The molecular weight excluding hydrogens is 394 g/mol. The highest BCUT2D eigenvalue weighted by Crippen LogP contribution is 2.30. The van der Waals surface area contributed by atoms with Crippen LogP contribution in [0.4, 0.5) is 0 Å².